The minimum absolute atomic E-state index is 0.0122. The maximum Gasteiger partial charge on any atom is 0.239 e. The van der Waals surface area contributed by atoms with Gasteiger partial charge in [0.15, 0.2) is 0 Å². The lowest BCUT2D eigenvalue weighted by Crippen LogP contribution is -2.45. The smallest absolute Gasteiger partial charge is 0.239 e. The van der Waals surface area contributed by atoms with Crippen LogP contribution in [0.4, 0.5) is 5.82 Å². The predicted molar refractivity (Wildman–Crippen MR) is 113 cm³/mol. The van der Waals surface area contributed by atoms with Crippen molar-refractivity contribution in [3.63, 3.8) is 0 Å². The first-order valence-electron chi connectivity index (χ1n) is 11.3. The average molecular weight is 399 g/mol. The molecule has 3 heterocycles. The number of hydrogen-bond donors (Lipinski definition) is 1. The maximum absolute atomic E-state index is 12.9. The van der Waals surface area contributed by atoms with Gasteiger partial charge < -0.3 is 14.6 Å². The summed E-state index contributed by atoms with van der Waals surface area (Å²) in [5.74, 6) is 2.26. The van der Waals surface area contributed by atoms with Gasteiger partial charge in [-0.05, 0) is 63.5 Å². The molecule has 1 amide bonds. The Balaban J connectivity index is 1.44. The Morgan fingerprint density at radius 3 is 2.69 bits per heavy atom. The Morgan fingerprint density at radius 2 is 1.97 bits per heavy atom. The molecule has 1 saturated carbocycles. The molecule has 1 aromatic rings. The molecule has 1 aliphatic carbocycles. The van der Waals surface area contributed by atoms with Crippen LogP contribution in [0, 0.1) is 37.0 Å². The molecule has 0 bridgehead atoms. The minimum atomic E-state index is -0.0122. The Bertz CT molecular complexity index is 788. The van der Waals surface area contributed by atoms with Gasteiger partial charge in [0.05, 0.1) is 24.8 Å². The van der Waals surface area contributed by atoms with E-state index in [0.717, 1.165) is 55.6 Å². The summed E-state index contributed by atoms with van der Waals surface area (Å²) >= 11 is 0. The summed E-state index contributed by atoms with van der Waals surface area (Å²) < 4.78 is 7.88. The van der Waals surface area contributed by atoms with Crippen molar-refractivity contribution in [2.75, 3.05) is 31.6 Å². The highest BCUT2D eigenvalue weighted by Gasteiger charge is 2.32. The summed E-state index contributed by atoms with van der Waals surface area (Å²) in [6.07, 6.45) is 8.87. The van der Waals surface area contributed by atoms with E-state index in [-0.39, 0.29) is 12.0 Å². The topological polar surface area (TPSA) is 70.3 Å². The van der Waals surface area contributed by atoms with Gasteiger partial charge in [-0.15, -0.1) is 0 Å². The van der Waals surface area contributed by atoms with Gasteiger partial charge in [-0.1, -0.05) is 19.3 Å². The van der Waals surface area contributed by atoms with Crippen LogP contribution in [0.5, 0.6) is 0 Å². The molecule has 29 heavy (non-hydrogen) atoms. The molecule has 2 aliphatic heterocycles. The summed E-state index contributed by atoms with van der Waals surface area (Å²) in [6.45, 7) is 7.94. The fourth-order valence-corrected chi connectivity index (χ4v) is 5.55. The number of anilines is 1. The van der Waals surface area contributed by atoms with Gasteiger partial charge in [0.25, 0.3) is 0 Å². The second kappa shape index (κ2) is 8.89. The highest BCUT2D eigenvalue weighted by atomic mass is 16.5. The van der Waals surface area contributed by atoms with E-state index in [2.05, 4.69) is 20.9 Å². The lowest BCUT2D eigenvalue weighted by Gasteiger charge is -2.41. The molecule has 0 spiro atoms. The molecule has 6 heteroatoms. The molecule has 3 fully saturated rings. The zero-order valence-corrected chi connectivity index (χ0v) is 17.9. The number of aromatic nitrogens is 1. The van der Waals surface area contributed by atoms with Crippen LogP contribution in [0.2, 0.25) is 0 Å². The number of likely N-dealkylation sites (tertiary alicyclic amines) is 1. The molecule has 6 nitrogen and oxygen atoms in total. The number of fused-ring (bicyclic) bond motifs is 1. The Morgan fingerprint density at radius 1 is 1.17 bits per heavy atom. The van der Waals surface area contributed by atoms with Gasteiger partial charge in [-0.2, -0.15) is 5.26 Å². The number of nitrogens with one attached hydrogen (secondary N) is 1. The highest BCUT2D eigenvalue weighted by Crippen LogP contribution is 2.36. The number of hydrogen-bond acceptors (Lipinski definition) is 4. The normalized spacial score (nSPS) is 27.4. The Hall–Kier alpha value is -1.84. The van der Waals surface area contributed by atoms with Crippen molar-refractivity contribution in [3.05, 3.63) is 16.8 Å². The lowest BCUT2D eigenvalue weighted by molar-refractivity contribution is -0.118. The molecule has 0 aromatic carbocycles. The number of rotatable bonds is 5. The Labute approximate surface area is 174 Å². The first kappa shape index (κ1) is 20.4. The average Bonchev–Trinajstić information content (AvgIpc) is 3.31. The van der Waals surface area contributed by atoms with Crippen molar-refractivity contribution in [1.29, 1.82) is 5.26 Å². The monoisotopic (exact) mass is 398 g/mol. The quantitative estimate of drug-likeness (QED) is 0.823. The molecule has 2 saturated heterocycles. The van der Waals surface area contributed by atoms with Crippen molar-refractivity contribution < 1.29 is 9.53 Å². The van der Waals surface area contributed by atoms with E-state index < -0.39 is 0 Å². The first-order chi connectivity index (χ1) is 14.1. The fourth-order valence-electron chi connectivity index (χ4n) is 5.55. The molecule has 1 N–H and O–H groups in total. The van der Waals surface area contributed by atoms with E-state index in [1.807, 2.05) is 13.8 Å². The summed E-state index contributed by atoms with van der Waals surface area (Å²) in [5.41, 5.74) is 2.57. The third-order valence-corrected chi connectivity index (χ3v) is 7.35. The molecule has 4 rings (SSSR count). The highest BCUT2D eigenvalue weighted by molar-refractivity contribution is 5.93. The van der Waals surface area contributed by atoms with Crippen molar-refractivity contribution in [3.8, 4) is 6.07 Å². The van der Waals surface area contributed by atoms with E-state index in [0.29, 0.717) is 24.5 Å². The van der Waals surface area contributed by atoms with Crippen LogP contribution in [0.3, 0.4) is 0 Å². The van der Waals surface area contributed by atoms with Gasteiger partial charge in [-0.25, -0.2) is 0 Å². The molecular weight excluding hydrogens is 364 g/mol. The number of carbonyl (C=O) groups excluding carboxylic acids is 1. The third kappa shape index (κ3) is 4.36. The standard InChI is InChI=1S/C23H34N4O2/c1-16-17(2)27(14-20-8-5-11-29-20)23(21(16)12-24)25-22(28)15-26-10-9-18-6-3-4-7-19(18)13-26/h18-20H,3-11,13-15H2,1-2H3,(H,25,28)/t18-,19-,20-/m0/s1. The van der Waals surface area contributed by atoms with Crippen LogP contribution < -0.4 is 5.32 Å². The zero-order valence-electron chi connectivity index (χ0n) is 17.9. The van der Waals surface area contributed by atoms with Crippen molar-refractivity contribution in [1.82, 2.24) is 9.47 Å². The predicted octanol–water partition coefficient (Wildman–Crippen LogP) is 3.61. The maximum atomic E-state index is 12.9. The Kier molecular flexibility index (Phi) is 6.26. The molecule has 1 aromatic heterocycles. The SMILES string of the molecule is Cc1c(C#N)c(NC(=O)CN2CC[C@@H]3CCCC[C@H]3C2)n(C[C@@H]2CCCO2)c1C. The lowest BCUT2D eigenvalue weighted by atomic mass is 9.75. The van der Waals surface area contributed by atoms with Crippen molar-refractivity contribution in [2.45, 2.75) is 71.4 Å². The summed E-state index contributed by atoms with van der Waals surface area (Å²) in [7, 11) is 0. The van der Waals surface area contributed by atoms with Crippen LogP contribution in [0.15, 0.2) is 0 Å². The van der Waals surface area contributed by atoms with E-state index in [4.69, 9.17) is 4.74 Å². The van der Waals surface area contributed by atoms with Gasteiger partial charge in [-0.3, -0.25) is 9.69 Å². The number of nitriles is 1. The molecule has 0 unspecified atom stereocenters. The van der Waals surface area contributed by atoms with Crippen molar-refractivity contribution in [2.24, 2.45) is 11.8 Å². The second-order valence-electron chi connectivity index (χ2n) is 9.17. The first-order valence-corrected chi connectivity index (χ1v) is 11.3. The summed E-state index contributed by atoms with van der Waals surface area (Å²) in [4.78, 5) is 15.2. The number of nitrogens with zero attached hydrogens (tertiary/aromatic N) is 3. The molecule has 3 atom stereocenters. The molecule has 158 valence electrons. The molecular formula is C23H34N4O2. The van der Waals surface area contributed by atoms with E-state index >= 15 is 0 Å². The van der Waals surface area contributed by atoms with Gasteiger partial charge >= 0.3 is 0 Å². The third-order valence-electron chi connectivity index (χ3n) is 7.35. The van der Waals surface area contributed by atoms with E-state index in [1.165, 1.54) is 32.1 Å². The van der Waals surface area contributed by atoms with Crippen molar-refractivity contribution >= 4 is 11.7 Å². The van der Waals surface area contributed by atoms with E-state index in [9.17, 15) is 10.1 Å². The fraction of sp³-hybridized carbons (Fsp3) is 0.739. The van der Waals surface area contributed by atoms with Gasteiger partial charge in [0.2, 0.25) is 5.91 Å². The van der Waals surface area contributed by atoms with Crippen LogP contribution in [-0.2, 0) is 16.1 Å². The van der Waals surface area contributed by atoms with Crippen LogP contribution in [0.25, 0.3) is 0 Å². The van der Waals surface area contributed by atoms with E-state index in [1.54, 1.807) is 0 Å². The largest absolute Gasteiger partial charge is 0.376 e. The number of amides is 1. The van der Waals surface area contributed by atoms with Crippen LogP contribution in [0.1, 0.15) is 61.8 Å². The second-order valence-corrected chi connectivity index (χ2v) is 9.17. The number of carbonyl (C=O) groups is 1. The summed E-state index contributed by atoms with van der Waals surface area (Å²) in [5, 5.41) is 12.8. The zero-order chi connectivity index (χ0) is 20.4. The number of ether oxygens (including phenoxy) is 1. The van der Waals surface area contributed by atoms with Crippen LogP contribution in [-0.4, -0.2) is 47.7 Å². The minimum Gasteiger partial charge on any atom is -0.376 e. The number of piperidine rings is 1. The van der Waals surface area contributed by atoms with Gasteiger partial charge in [0.1, 0.15) is 11.9 Å². The molecule has 0 radical (unpaired) electrons. The molecule has 3 aliphatic rings. The van der Waals surface area contributed by atoms with Gasteiger partial charge in [0, 0.05) is 18.8 Å². The van der Waals surface area contributed by atoms with Crippen LogP contribution >= 0.6 is 0 Å². The summed E-state index contributed by atoms with van der Waals surface area (Å²) in [6, 6.07) is 2.31.